The lowest BCUT2D eigenvalue weighted by molar-refractivity contribution is -0.393. The van der Waals surface area contributed by atoms with Gasteiger partial charge in [-0.15, -0.1) is 16.8 Å². The molecule has 0 aliphatic carbocycles. The van der Waals surface area contributed by atoms with Crippen LogP contribution < -0.4 is 5.32 Å². The highest BCUT2D eigenvalue weighted by Gasteiger charge is 2.24. The van der Waals surface area contributed by atoms with Gasteiger partial charge in [0.05, 0.1) is 6.20 Å². The summed E-state index contributed by atoms with van der Waals surface area (Å²) in [6.07, 6.45) is 3.32. The Bertz CT molecular complexity index is 843. The van der Waals surface area contributed by atoms with E-state index in [0.717, 1.165) is 11.8 Å². The minimum absolute atomic E-state index is 0.0728. The molecule has 0 aromatic carbocycles. The summed E-state index contributed by atoms with van der Waals surface area (Å²) in [6.45, 7) is 4.18. The van der Waals surface area contributed by atoms with E-state index in [9.17, 15) is 10.1 Å². The van der Waals surface area contributed by atoms with E-state index >= 15 is 0 Å². The SMILES string of the molecule is C=CCNc1nnc(Sc2nc3ccccn3c2[N+](=O)[O-])s1. The first-order valence-corrected chi connectivity index (χ1v) is 7.80. The molecule has 0 amide bonds. The van der Waals surface area contributed by atoms with Crippen molar-refractivity contribution in [3.05, 3.63) is 47.2 Å². The maximum atomic E-state index is 11.3. The van der Waals surface area contributed by atoms with Crippen molar-refractivity contribution >= 4 is 39.7 Å². The van der Waals surface area contributed by atoms with Gasteiger partial charge in [0, 0.05) is 12.6 Å². The van der Waals surface area contributed by atoms with Crippen molar-refractivity contribution in [3.8, 4) is 0 Å². The maximum absolute atomic E-state index is 11.3. The zero-order valence-electron chi connectivity index (χ0n) is 11.2. The highest BCUT2D eigenvalue weighted by molar-refractivity contribution is 8.01. The molecule has 0 atom stereocenters. The molecule has 0 bridgehead atoms. The molecule has 112 valence electrons. The number of nitrogens with one attached hydrogen (secondary N) is 1. The number of nitrogens with zero attached hydrogens (tertiary/aromatic N) is 5. The van der Waals surface area contributed by atoms with Crippen LogP contribution in [0.25, 0.3) is 5.65 Å². The van der Waals surface area contributed by atoms with Crippen LogP contribution in [-0.2, 0) is 0 Å². The van der Waals surface area contributed by atoms with Gasteiger partial charge in [-0.3, -0.25) is 0 Å². The monoisotopic (exact) mass is 334 g/mol. The largest absolute Gasteiger partial charge is 0.362 e. The van der Waals surface area contributed by atoms with E-state index in [2.05, 4.69) is 27.1 Å². The Balaban J connectivity index is 1.93. The van der Waals surface area contributed by atoms with Gasteiger partial charge in [-0.1, -0.05) is 23.5 Å². The van der Waals surface area contributed by atoms with E-state index in [1.165, 1.54) is 15.7 Å². The summed E-state index contributed by atoms with van der Waals surface area (Å²) < 4.78 is 2.03. The molecule has 0 saturated heterocycles. The number of pyridine rings is 1. The molecule has 0 radical (unpaired) electrons. The summed E-state index contributed by atoms with van der Waals surface area (Å²) in [5.74, 6) is -0.0728. The number of rotatable bonds is 6. The lowest BCUT2D eigenvalue weighted by atomic mass is 10.5. The quantitative estimate of drug-likeness (QED) is 0.420. The molecule has 0 spiro atoms. The van der Waals surface area contributed by atoms with Crippen molar-refractivity contribution in [1.82, 2.24) is 19.6 Å². The molecule has 10 heteroatoms. The van der Waals surface area contributed by atoms with Crippen LogP contribution in [0, 0.1) is 10.1 Å². The third kappa shape index (κ3) is 2.78. The minimum atomic E-state index is -0.444. The second kappa shape index (κ2) is 6.12. The molecule has 0 aliphatic heterocycles. The molecule has 0 unspecified atom stereocenters. The molecule has 0 saturated carbocycles. The summed E-state index contributed by atoms with van der Waals surface area (Å²) in [5, 5.41) is 23.2. The highest BCUT2D eigenvalue weighted by atomic mass is 32.2. The fourth-order valence-corrected chi connectivity index (χ4v) is 3.54. The average Bonchev–Trinajstić information content (AvgIpc) is 3.09. The van der Waals surface area contributed by atoms with Crippen LogP contribution in [-0.4, -0.2) is 31.1 Å². The topological polar surface area (TPSA) is 98.2 Å². The molecule has 3 heterocycles. The number of anilines is 1. The first-order chi connectivity index (χ1) is 10.7. The van der Waals surface area contributed by atoms with E-state index in [-0.39, 0.29) is 5.82 Å². The maximum Gasteiger partial charge on any atom is 0.362 e. The van der Waals surface area contributed by atoms with Gasteiger partial charge in [-0.25, -0.2) is 0 Å². The molecule has 0 fully saturated rings. The zero-order chi connectivity index (χ0) is 15.5. The van der Waals surface area contributed by atoms with Gasteiger partial charge in [0.25, 0.3) is 0 Å². The Morgan fingerprint density at radius 1 is 1.50 bits per heavy atom. The number of aromatic nitrogens is 4. The Morgan fingerprint density at radius 3 is 3.14 bits per heavy atom. The Hall–Kier alpha value is -2.46. The van der Waals surface area contributed by atoms with Crippen LogP contribution in [0.15, 0.2) is 46.4 Å². The molecule has 3 aromatic heterocycles. The van der Waals surface area contributed by atoms with E-state index in [0.29, 0.717) is 26.7 Å². The molecule has 3 aromatic rings. The molecular formula is C12H10N6O2S2. The van der Waals surface area contributed by atoms with Crippen LogP contribution in [0.5, 0.6) is 0 Å². The Kier molecular flexibility index (Phi) is 4.02. The Morgan fingerprint density at radius 2 is 2.36 bits per heavy atom. The lowest BCUT2D eigenvalue weighted by Gasteiger charge is -1.95. The zero-order valence-corrected chi connectivity index (χ0v) is 12.8. The van der Waals surface area contributed by atoms with Crippen LogP contribution in [0.3, 0.4) is 0 Å². The third-order valence-electron chi connectivity index (χ3n) is 2.63. The predicted molar refractivity (Wildman–Crippen MR) is 84.6 cm³/mol. The first-order valence-electron chi connectivity index (χ1n) is 6.16. The summed E-state index contributed by atoms with van der Waals surface area (Å²) in [7, 11) is 0. The average molecular weight is 334 g/mol. The number of imidazole rings is 1. The normalized spacial score (nSPS) is 10.7. The van der Waals surface area contributed by atoms with Crippen LogP contribution in [0.1, 0.15) is 0 Å². The number of hydrogen-bond donors (Lipinski definition) is 1. The smallest absolute Gasteiger partial charge is 0.358 e. The van der Waals surface area contributed by atoms with Crippen molar-refractivity contribution in [2.45, 2.75) is 9.37 Å². The molecular weight excluding hydrogens is 324 g/mol. The van der Waals surface area contributed by atoms with E-state index in [4.69, 9.17) is 0 Å². The molecule has 0 aliphatic rings. The predicted octanol–water partition coefficient (Wildman–Crippen LogP) is 2.84. The van der Waals surface area contributed by atoms with Crippen molar-refractivity contribution in [2.75, 3.05) is 11.9 Å². The minimum Gasteiger partial charge on any atom is -0.358 e. The summed E-state index contributed by atoms with van der Waals surface area (Å²) in [5.41, 5.74) is 0.520. The third-order valence-corrected chi connectivity index (χ3v) is 4.53. The van der Waals surface area contributed by atoms with Gasteiger partial charge in [0.1, 0.15) is 0 Å². The molecule has 1 N–H and O–H groups in total. The molecule has 22 heavy (non-hydrogen) atoms. The Labute approximate surface area is 133 Å². The van der Waals surface area contributed by atoms with Gasteiger partial charge in [0.2, 0.25) is 15.8 Å². The standard InChI is InChI=1S/C12H10N6O2S2/c1-2-6-13-11-15-16-12(22-11)21-9-10(18(19)20)17-7-4-3-5-8(17)14-9/h2-5,7H,1,6H2,(H,13,15). The number of nitro groups is 1. The van der Waals surface area contributed by atoms with Gasteiger partial charge in [0.15, 0.2) is 4.34 Å². The van der Waals surface area contributed by atoms with Crippen LogP contribution >= 0.6 is 23.1 Å². The summed E-state index contributed by atoms with van der Waals surface area (Å²) in [4.78, 5) is 15.2. The van der Waals surface area contributed by atoms with E-state index < -0.39 is 4.92 Å². The lowest BCUT2D eigenvalue weighted by Crippen LogP contribution is -1.96. The van der Waals surface area contributed by atoms with Crippen LogP contribution in [0.2, 0.25) is 0 Å². The number of fused-ring (bicyclic) bond motifs is 1. The second-order valence-corrected chi connectivity index (χ2v) is 6.28. The number of hydrogen-bond acceptors (Lipinski definition) is 8. The first kappa shape index (κ1) is 14.5. The van der Waals surface area contributed by atoms with E-state index in [1.807, 2.05) is 0 Å². The van der Waals surface area contributed by atoms with Gasteiger partial charge < -0.3 is 15.4 Å². The van der Waals surface area contributed by atoms with Gasteiger partial charge in [-0.05, 0) is 22.8 Å². The fraction of sp³-hybridized carbons (Fsp3) is 0.0833. The highest BCUT2D eigenvalue weighted by Crippen LogP contribution is 2.37. The second-order valence-electron chi connectivity index (χ2n) is 4.07. The van der Waals surface area contributed by atoms with Crippen molar-refractivity contribution in [3.63, 3.8) is 0 Å². The van der Waals surface area contributed by atoms with Crippen molar-refractivity contribution in [1.29, 1.82) is 0 Å². The summed E-state index contributed by atoms with van der Waals surface area (Å²) >= 11 is 2.44. The molecule has 8 nitrogen and oxygen atoms in total. The van der Waals surface area contributed by atoms with Crippen molar-refractivity contribution in [2.24, 2.45) is 0 Å². The summed E-state index contributed by atoms with van der Waals surface area (Å²) in [6, 6.07) is 5.22. The van der Waals surface area contributed by atoms with Crippen LogP contribution in [0.4, 0.5) is 10.9 Å². The van der Waals surface area contributed by atoms with Gasteiger partial charge in [-0.2, -0.15) is 9.38 Å². The van der Waals surface area contributed by atoms with E-state index in [1.54, 1.807) is 30.5 Å². The molecule has 3 rings (SSSR count). The fourth-order valence-electron chi connectivity index (χ4n) is 1.76. The van der Waals surface area contributed by atoms with Gasteiger partial charge >= 0.3 is 5.82 Å². The van der Waals surface area contributed by atoms with Crippen molar-refractivity contribution < 1.29 is 4.92 Å².